The molecule has 0 aliphatic heterocycles. The number of ether oxygens (including phenoxy) is 1. The van der Waals surface area contributed by atoms with Crippen molar-refractivity contribution in [2.75, 3.05) is 0 Å². The third kappa shape index (κ3) is 5.05. The lowest BCUT2D eigenvalue weighted by atomic mass is 10.6. The van der Waals surface area contributed by atoms with E-state index in [1.165, 1.54) is 0 Å². The summed E-state index contributed by atoms with van der Waals surface area (Å²) in [5.74, 6) is -1.53. The molecule has 0 heterocycles. The van der Waals surface area contributed by atoms with Crippen molar-refractivity contribution in [1.82, 2.24) is 0 Å². The maximum Gasteiger partial charge on any atom is 0.338 e. The van der Waals surface area contributed by atoms with Crippen LogP contribution in [0.25, 0.3) is 0 Å². The predicted octanol–water partition coefficient (Wildman–Crippen LogP) is 0.850. The van der Waals surface area contributed by atoms with E-state index in [1.807, 2.05) is 0 Å². The Hall–Kier alpha value is -1.09. The molecular weight excluding hydrogens is 156 g/mol. The Morgan fingerprint density at radius 3 is 1.60 bits per heavy atom. The highest BCUT2D eigenvalue weighted by molar-refractivity contribution is 5.95. The summed E-state index contributed by atoms with van der Waals surface area (Å²) < 4.78 is 4.03. The molecule has 0 saturated carbocycles. The highest BCUT2D eigenvalue weighted by Crippen LogP contribution is 1.80. The van der Waals surface area contributed by atoms with Gasteiger partial charge in [0.1, 0.15) is 0 Å². The number of hydrogen-bond acceptors (Lipinski definition) is 3. The van der Waals surface area contributed by atoms with E-state index in [2.05, 4.69) is 17.9 Å². The summed E-state index contributed by atoms with van der Waals surface area (Å²) in [6, 6.07) is 0. The number of esters is 2. The maximum absolute atomic E-state index is 10.2. The predicted molar refractivity (Wildman–Crippen MR) is 38.7 cm³/mol. The van der Waals surface area contributed by atoms with Gasteiger partial charge in [0, 0.05) is 12.2 Å². The van der Waals surface area contributed by atoms with Crippen molar-refractivity contribution >= 4 is 24.3 Å². The van der Waals surface area contributed by atoms with Crippen molar-refractivity contribution in [2.24, 2.45) is 0 Å². The van der Waals surface area contributed by atoms with E-state index in [4.69, 9.17) is 0 Å². The standard InChI is InChI=1S/C6H6O3.ClH/c1-3-5(7)9-6(8)4-2;/h3-4H,1-2H2;1H. The van der Waals surface area contributed by atoms with Gasteiger partial charge < -0.3 is 4.74 Å². The van der Waals surface area contributed by atoms with Gasteiger partial charge in [-0.05, 0) is 0 Å². The van der Waals surface area contributed by atoms with E-state index < -0.39 is 11.9 Å². The highest BCUT2D eigenvalue weighted by Gasteiger charge is 1.99. The molecule has 0 saturated heterocycles. The van der Waals surface area contributed by atoms with Crippen LogP contribution in [-0.2, 0) is 14.3 Å². The van der Waals surface area contributed by atoms with E-state index in [0.29, 0.717) is 0 Å². The van der Waals surface area contributed by atoms with Gasteiger partial charge in [-0.25, -0.2) is 9.59 Å². The Balaban J connectivity index is 0. The Bertz CT molecular complexity index is 144. The number of rotatable bonds is 2. The fourth-order valence-electron chi connectivity index (χ4n) is 0.182. The quantitative estimate of drug-likeness (QED) is 0.344. The molecule has 0 unspecified atom stereocenters. The van der Waals surface area contributed by atoms with Crippen LogP contribution in [0, 0.1) is 0 Å². The second-order valence-corrected chi connectivity index (χ2v) is 1.15. The molecule has 0 radical (unpaired) electrons. The average Bonchev–Trinajstić information content (AvgIpc) is 1.87. The summed E-state index contributed by atoms with van der Waals surface area (Å²) in [4.78, 5) is 20.3. The number of hydrogen-bond donors (Lipinski definition) is 0. The van der Waals surface area contributed by atoms with Crippen LogP contribution in [-0.4, -0.2) is 11.9 Å². The summed E-state index contributed by atoms with van der Waals surface area (Å²) in [7, 11) is 0. The van der Waals surface area contributed by atoms with Gasteiger partial charge in [0.15, 0.2) is 0 Å². The summed E-state index contributed by atoms with van der Waals surface area (Å²) in [6.07, 6.45) is 1.81. The van der Waals surface area contributed by atoms with Gasteiger partial charge in [-0.15, -0.1) is 12.4 Å². The normalized spacial score (nSPS) is 6.80. The van der Waals surface area contributed by atoms with Crippen LogP contribution in [0.2, 0.25) is 0 Å². The minimum atomic E-state index is -0.764. The van der Waals surface area contributed by atoms with Gasteiger partial charge in [0.05, 0.1) is 0 Å². The summed E-state index contributed by atoms with van der Waals surface area (Å²) >= 11 is 0. The van der Waals surface area contributed by atoms with Crippen LogP contribution in [0.3, 0.4) is 0 Å². The van der Waals surface area contributed by atoms with Crippen LogP contribution in [0.1, 0.15) is 0 Å². The smallest absolute Gasteiger partial charge is 0.338 e. The number of halogens is 1. The first kappa shape index (κ1) is 11.7. The molecule has 0 aromatic carbocycles. The zero-order valence-corrected chi connectivity index (χ0v) is 6.02. The van der Waals surface area contributed by atoms with Crippen molar-refractivity contribution in [3.8, 4) is 0 Å². The van der Waals surface area contributed by atoms with Gasteiger partial charge in [-0.3, -0.25) is 0 Å². The number of carbonyl (C=O) groups excluding carboxylic acids is 2. The van der Waals surface area contributed by atoms with Crippen LogP contribution in [0.5, 0.6) is 0 Å². The second kappa shape index (κ2) is 6.04. The molecule has 0 rings (SSSR count). The Labute approximate surface area is 64.8 Å². The lowest BCUT2D eigenvalue weighted by Crippen LogP contribution is -2.05. The Morgan fingerprint density at radius 1 is 1.10 bits per heavy atom. The van der Waals surface area contributed by atoms with Crippen LogP contribution in [0.15, 0.2) is 25.3 Å². The lowest BCUT2D eigenvalue weighted by molar-refractivity contribution is -0.152. The first-order valence-corrected chi connectivity index (χ1v) is 2.21. The molecule has 0 fully saturated rings. The van der Waals surface area contributed by atoms with Crippen LogP contribution < -0.4 is 0 Å². The molecule has 0 amide bonds. The summed E-state index contributed by atoms with van der Waals surface area (Å²) in [5, 5.41) is 0. The molecule has 10 heavy (non-hydrogen) atoms. The zero-order valence-electron chi connectivity index (χ0n) is 5.20. The molecule has 0 atom stereocenters. The fourth-order valence-corrected chi connectivity index (χ4v) is 0.182. The third-order valence-electron chi connectivity index (χ3n) is 0.535. The average molecular weight is 163 g/mol. The van der Waals surface area contributed by atoms with E-state index in [-0.39, 0.29) is 12.4 Å². The molecule has 0 bridgehead atoms. The van der Waals surface area contributed by atoms with Gasteiger partial charge >= 0.3 is 11.9 Å². The van der Waals surface area contributed by atoms with Gasteiger partial charge in [0.25, 0.3) is 0 Å². The Morgan fingerprint density at radius 2 is 1.40 bits per heavy atom. The first-order chi connectivity index (χ1) is 4.20. The van der Waals surface area contributed by atoms with E-state index in [9.17, 15) is 9.59 Å². The largest absolute Gasteiger partial charge is 0.387 e. The molecule has 0 spiro atoms. The molecule has 0 aliphatic carbocycles. The van der Waals surface area contributed by atoms with E-state index in [1.54, 1.807) is 0 Å². The van der Waals surface area contributed by atoms with E-state index in [0.717, 1.165) is 12.2 Å². The second-order valence-electron chi connectivity index (χ2n) is 1.15. The van der Waals surface area contributed by atoms with Crippen LogP contribution in [0.4, 0.5) is 0 Å². The Kier molecular flexibility index (Phi) is 7.05. The minimum absolute atomic E-state index is 0. The molecule has 56 valence electrons. The van der Waals surface area contributed by atoms with Gasteiger partial charge in [0.2, 0.25) is 0 Å². The zero-order chi connectivity index (χ0) is 7.28. The van der Waals surface area contributed by atoms with Crippen molar-refractivity contribution in [1.29, 1.82) is 0 Å². The third-order valence-corrected chi connectivity index (χ3v) is 0.535. The molecular formula is C6H7ClO3. The maximum atomic E-state index is 10.2. The summed E-state index contributed by atoms with van der Waals surface area (Å²) in [6.45, 7) is 6.17. The molecule has 3 nitrogen and oxygen atoms in total. The molecule has 0 aliphatic rings. The molecule has 0 aromatic rings. The van der Waals surface area contributed by atoms with Crippen molar-refractivity contribution in [3.05, 3.63) is 25.3 Å². The van der Waals surface area contributed by atoms with Crippen LogP contribution >= 0.6 is 12.4 Å². The lowest BCUT2D eigenvalue weighted by Gasteiger charge is -1.90. The SMILES string of the molecule is C=CC(=O)OC(=O)C=C.Cl. The van der Waals surface area contributed by atoms with E-state index >= 15 is 0 Å². The van der Waals surface area contributed by atoms with Crippen molar-refractivity contribution in [3.63, 3.8) is 0 Å². The number of carbonyl (C=O) groups is 2. The fraction of sp³-hybridized carbons (Fsp3) is 0. The van der Waals surface area contributed by atoms with Gasteiger partial charge in [-0.2, -0.15) is 0 Å². The van der Waals surface area contributed by atoms with Gasteiger partial charge in [-0.1, -0.05) is 13.2 Å². The monoisotopic (exact) mass is 162 g/mol. The first-order valence-electron chi connectivity index (χ1n) is 2.21. The van der Waals surface area contributed by atoms with Crippen molar-refractivity contribution < 1.29 is 14.3 Å². The molecule has 4 heteroatoms. The minimum Gasteiger partial charge on any atom is -0.387 e. The molecule has 0 aromatic heterocycles. The topological polar surface area (TPSA) is 43.4 Å². The highest BCUT2D eigenvalue weighted by atomic mass is 35.5. The summed E-state index contributed by atoms with van der Waals surface area (Å²) in [5.41, 5.74) is 0. The molecule has 0 N–H and O–H groups in total. The van der Waals surface area contributed by atoms with Crippen molar-refractivity contribution in [2.45, 2.75) is 0 Å².